The van der Waals surface area contributed by atoms with Crippen LogP contribution in [0.1, 0.15) is 36.1 Å². The number of para-hydroxylation sites is 1. The molecular weight excluding hydrogens is 380 g/mol. The molecule has 1 aromatic heterocycles. The molecule has 156 valence electrons. The zero-order valence-corrected chi connectivity index (χ0v) is 17.4. The summed E-state index contributed by atoms with van der Waals surface area (Å²) in [6.45, 7) is 4.53. The standard InChI is InChI=1S/C22H26N6O2/c1-16(2)28-15-24-26-20(28)12-13-23-22(30)25-18-9-7-8-17(14-18)21(29)27(3)19-10-5-4-6-11-19/h4-11,14-16H,12-13H2,1-3H3,(H2,23,25,30). The molecule has 2 aromatic carbocycles. The number of urea groups is 1. The average molecular weight is 406 g/mol. The molecule has 8 heteroatoms. The highest BCUT2D eigenvalue weighted by Crippen LogP contribution is 2.17. The van der Waals surface area contributed by atoms with Gasteiger partial charge in [-0.3, -0.25) is 4.79 Å². The van der Waals surface area contributed by atoms with Crippen molar-refractivity contribution in [3.8, 4) is 0 Å². The van der Waals surface area contributed by atoms with Crippen molar-refractivity contribution in [1.29, 1.82) is 0 Å². The van der Waals surface area contributed by atoms with Crippen LogP contribution in [0, 0.1) is 0 Å². The third-order valence-corrected chi connectivity index (χ3v) is 4.65. The number of anilines is 2. The predicted octanol–water partition coefficient (Wildman–Crippen LogP) is 3.50. The molecule has 2 N–H and O–H groups in total. The molecule has 3 rings (SSSR count). The summed E-state index contributed by atoms with van der Waals surface area (Å²) >= 11 is 0. The molecule has 0 spiro atoms. The summed E-state index contributed by atoms with van der Waals surface area (Å²) in [5, 5.41) is 13.6. The Kier molecular flexibility index (Phi) is 6.79. The molecule has 30 heavy (non-hydrogen) atoms. The second kappa shape index (κ2) is 9.69. The number of carbonyl (C=O) groups excluding carboxylic acids is 2. The van der Waals surface area contributed by atoms with Gasteiger partial charge in [0.15, 0.2) is 0 Å². The number of nitrogens with zero attached hydrogens (tertiary/aromatic N) is 4. The molecule has 0 aliphatic rings. The Hall–Kier alpha value is -3.68. The number of carbonyl (C=O) groups is 2. The first-order chi connectivity index (χ1) is 14.5. The quantitative estimate of drug-likeness (QED) is 0.628. The molecule has 0 saturated carbocycles. The Morgan fingerprint density at radius 1 is 1.10 bits per heavy atom. The SMILES string of the molecule is CC(C)n1cnnc1CCNC(=O)Nc1cccc(C(=O)N(C)c2ccccc2)c1. The van der Waals surface area contributed by atoms with E-state index in [0.29, 0.717) is 24.2 Å². The maximum Gasteiger partial charge on any atom is 0.319 e. The fourth-order valence-electron chi connectivity index (χ4n) is 3.03. The summed E-state index contributed by atoms with van der Waals surface area (Å²) in [4.78, 5) is 26.6. The summed E-state index contributed by atoms with van der Waals surface area (Å²) in [5.74, 6) is 0.667. The Morgan fingerprint density at radius 3 is 2.60 bits per heavy atom. The van der Waals surface area contributed by atoms with Crippen LogP contribution in [-0.2, 0) is 6.42 Å². The van der Waals surface area contributed by atoms with Gasteiger partial charge in [-0.2, -0.15) is 0 Å². The van der Waals surface area contributed by atoms with Crippen molar-refractivity contribution in [3.05, 3.63) is 72.3 Å². The average Bonchev–Trinajstić information content (AvgIpc) is 3.22. The minimum absolute atomic E-state index is 0.154. The van der Waals surface area contributed by atoms with Gasteiger partial charge in [-0.1, -0.05) is 24.3 Å². The van der Waals surface area contributed by atoms with Gasteiger partial charge in [0.25, 0.3) is 5.91 Å². The van der Waals surface area contributed by atoms with Gasteiger partial charge in [0.2, 0.25) is 0 Å². The molecular formula is C22H26N6O2. The van der Waals surface area contributed by atoms with Crippen molar-refractivity contribution in [1.82, 2.24) is 20.1 Å². The molecule has 0 fully saturated rings. The highest BCUT2D eigenvalue weighted by molar-refractivity contribution is 6.06. The summed E-state index contributed by atoms with van der Waals surface area (Å²) in [6.07, 6.45) is 2.26. The summed E-state index contributed by atoms with van der Waals surface area (Å²) in [6, 6.07) is 16.2. The predicted molar refractivity (Wildman–Crippen MR) is 117 cm³/mol. The van der Waals surface area contributed by atoms with Crippen LogP contribution in [-0.4, -0.2) is 40.3 Å². The van der Waals surface area contributed by atoms with Gasteiger partial charge >= 0.3 is 6.03 Å². The molecule has 3 amide bonds. The Labute approximate surface area is 175 Å². The minimum Gasteiger partial charge on any atom is -0.337 e. The molecule has 8 nitrogen and oxygen atoms in total. The fourth-order valence-corrected chi connectivity index (χ4v) is 3.03. The van der Waals surface area contributed by atoms with Gasteiger partial charge in [-0.05, 0) is 44.2 Å². The third kappa shape index (κ3) is 5.22. The van der Waals surface area contributed by atoms with E-state index in [1.165, 1.54) is 0 Å². The van der Waals surface area contributed by atoms with Gasteiger partial charge < -0.3 is 20.1 Å². The molecule has 0 atom stereocenters. The summed E-state index contributed by atoms with van der Waals surface area (Å²) < 4.78 is 1.97. The van der Waals surface area contributed by atoms with Crippen molar-refractivity contribution in [3.63, 3.8) is 0 Å². The van der Waals surface area contributed by atoms with Crippen molar-refractivity contribution >= 4 is 23.3 Å². The van der Waals surface area contributed by atoms with Crippen molar-refractivity contribution < 1.29 is 9.59 Å². The maximum absolute atomic E-state index is 12.8. The van der Waals surface area contributed by atoms with E-state index in [1.54, 1.807) is 42.5 Å². The molecule has 0 saturated heterocycles. The number of amides is 3. The van der Waals surface area contributed by atoms with Crippen LogP contribution in [0.4, 0.5) is 16.2 Å². The van der Waals surface area contributed by atoms with E-state index in [0.717, 1.165) is 11.5 Å². The lowest BCUT2D eigenvalue weighted by atomic mass is 10.1. The number of aromatic nitrogens is 3. The van der Waals surface area contributed by atoms with E-state index < -0.39 is 0 Å². The normalized spacial score (nSPS) is 10.7. The van der Waals surface area contributed by atoms with Crippen LogP contribution in [0.15, 0.2) is 60.9 Å². The number of benzene rings is 2. The Morgan fingerprint density at radius 2 is 1.87 bits per heavy atom. The number of nitrogens with one attached hydrogen (secondary N) is 2. The zero-order chi connectivity index (χ0) is 21.5. The first-order valence-electron chi connectivity index (χ1n) is 9.82. The molecule has 1 heterocycles. The second-order valence-electron chi connectivity index (χ2n) is 7.16. The monoisotopic (exact) mass is 406 g/mol. The van der Waals surface area contributed by atoms with Crippen molar-refractivity contribution in [2.24, 2.45) is 0 Å². The van der Waals surface area contributed by atoms with Crippen LogP contribution < -0.4 is 15.5 Å². The van der Waals surface area contributed by atoms with Crippen LogP contribution in [0.3, 0.4) is 0 Å². The van der Waals surface area contributed by atoms with Gasteiger partial charge in [-0.25, -0.2) is 4.79 Å². The van der Waals surface area contributed by atoms with E-state index in [1.807, 2.05) is 34.9 Å². The molecule has 3 aromatic rings. The van der Waals surface area contributed by atoms with Crippen molar-refractivity contribution in [2.75, 3.05) is 23.8 Å². The number of hydrogen-bond acceptors (Lipinski definition) is 4. The fraction of sp³-hybridized carbons (Fsp3) is 0.273. The van der Waals surface area contributed by atoms with E-state index >= 15 is 0 Å². The third-order valence-electron chi connectivity index (χ3n) is 4.65. The minimum atomic E-state index is -0.341. The second-order valence-corrected chi connectivity index (χ2v) is 7.16. The Balaban J connectivity index is 1.56. The Bertz CT molecular complexity index is 1000. The number of rotatable bonds is 7. The molecule has 0 bridgehead atoms. The van der Waals surface area contributed by atoms with E-state index in [2.05, 4.69) is 34.7 Å². The van der Waals surface area contributed by atoms with Crippen LogP contribution in [0.25, 0.3) is 0 Å². The molecule has 0 aliphatic carbocycles. The van der Waals surface area contributed by atoms with Crippen LogP contribution in [0.2, 0.25) is 0 Å². The lowest BCUT2D eigenvalue weighted by Crippen LogP contribution is -2.31. The maximum atomic E-state index is 12.8. The first kappa shape index (κ1) is 21.0. The topological polar surface area (TPSA) is 92.1 Å². The highest BCUT2D eigenvalue weighted by atomic mass is 16.2. The smallest absolute Gasteiger partial charge is 0.319 e. The molecule has 0 unspecified atom stereocenters. The van der Waals surface area contributed by atoms with Gasteiger partial charge in [0.05, 0.1) is 0 Å². The zero-order valence-electron chi connectivity index (χ0n) is 17.4. The van der Waals surface area contributed by atoms with Gasteiger partial charge in [-0.15, -0.1) is 10.2 Å². The lowest BCUT2D eigenvalue weighted by molar-refractivity contribution is 0.0993. The summed E-state index contributed by atoms with van der Waals surface area (Å²) in [5.41, 5.74) is 1.84. The number of hydrogen-bond donors (Lipinski definition) is 2. The van der Waals surface area contributed by atoms with Crippen LogP contribution >= 0.6 is 0 Å². The highest BCUT2D eigenvalue weighted by Gasteiger charge is 2.14. The van der Waals surface area contributed by atoms with Crippen LogP contribution in [0.5, 0.6) is 0 Å². The molecule has 0 radical (unpaired) electrons. The van der Waals surface area contributed by atoms with Crippen molar-refractivity contribution in [2.45, 2.75) is 26.3 Å². The largest absolute Gasteiger partial charge is 0.337 e. The lowest BCUT2D eigenvalue weighted by Gasteiger charge is -2.17. The first-order valence-corrected chi connectivity index (χ1v) is 9.82. The van der Waals surface area contributed by atoms with E-state index in [-0.39, 0.29) is 18.0 Å². The van der Waals surface area contributed by atoms with E-state index in [9.17, 15) is 9.59 Å². The van der Waals surface area contributed by atoms with E-state index in [4.69, 9.17) is 0 Å². The molecule has 0 aliphatic heterocycles. The van der Waals surface area contributed by atoms with Gasteiger partial charge in [0, 0.05) is 43.0 Å². The van der Waals surface area contributed by atoms with Gasteiger partial charge in [0.1, 0.15) is 12.2 Å². The summed E-state index contributed by atoms with van der Waals surface area (Å²) in [7, 11) is 1.72.